The van der Waals surface area contributed by atoms with Gasteiger partial charge in [0.05, 0.1) is 13.2 Å². The Balaban J connectivity index is 0.000000810. The third-order valence-corrected chi connectivity index (χ3v) is 1.39. The topological polar surface area (TPSA) is 35.2 Å². The molecule has 2 nitrogen and oxygen atoms in total. The second-order valence-corrected chi connectivity index (χ2v) is 2.02. The quantitative estimate of drug-likeness (QED) is 0.633. The van der Waals surface area contributed by atoms with Gasteiger partial charge in [0.15, 0.2) is 0 Å². The zero-order valence-corrected chi connectivity index (χ0v) is 6.42. The maximum Gasteiger partial charge on any atom is 0.115 e. The van der Waals surface area contributed by atoms with Crippen molar-refractivity contribution >= 4 is 12.4 Å². The molecular weight excluding hydrogens is 157 g/mol. The molecule has 0 bridgehead atoms. The van der Waals surface area contributed by atoms with E-state index in [0.717, 1.165) is 5.57 Å². The van der Waals surface area contributed by atoms with Gasteiger partial charge in [0, 0.05) is 6.54 Å². The molecule has 1 saturated heterocycles. The van der Waals surface area contributed by atoms with E-state index in [1.807, 2.05) is 0 Å². The molecule has 1 rings (SSSR count). The minimum absolute atomic E-state index is 0. The highest BCUT2D eigenvalue weighted by atomic mass is 35.5. The normalized spacial score (nSPS) is 22.2. The molecule has 0 aromatic rings. The average molecular weight is 168 g/mol. The van der Waals surface area contributed by atoms with Crippen LogP contribution in [-0.4, -0.2) is 19.8 Å². The van der Waals surface area contributed by atoms with Crippen molar-refractivity contribution in [2.75, 3.05) is 19.8 Å². The third-order valence-electron chi connectivity index (χ3n) is 1.39. The van der Waals surface area contributed by atoms with Gasteiger partial charge in [-0.15, -0.1) is 12.4 Å². The van der Waals surface area contributed by atoms with Crippen LogP contribution in [0.4, 0.5) is 4.39 Å². The molecule has 10 heavy (non-hydrogen) atoms. The van der Waals surface area contributed by atoms with Gasteiger partial charge in [0.1, 0.15) is 5.83 Å². The third kappa shape index (κ3) is 2.25. The fraction of sp³-hybridized carbons (Fsp3) is 0.667. The highest BCUT2D eigenvalue weighted by Crippen LogP contribution is 2.15. The maximum absolute atomic E-state index is 12.5. The van der Waals surface area contributed by atoms with Crippen LogP contribution in [0.25, 0.3) is 0 Å². The first-order valence-electron chi connectivity index (χ1n) is 2.99. The van der Waals surface area contributed by atoms with Crippen LogP contribution in [-0.2, 0) is 4.74 Å². The predicted molar refractivity (Wildman–Crippen MR) is 39.9 cm³/mol. The number of hydrogen-bond donors (Lipinski definition) is 1. The van der Waals surface area contributed by atoms with Gasteiger partial charge in [-0.25, -0.2) is 4.39 Å². The second-order valence-electron chi connectivity index (χ2n) is 2.02. The van der Waals surface area contributed by atoms with Crippen LogP contribution in [0.5, 0.6) is 0 Å². The van der Waals surface area contributed by atoms with E-state index in [0.29, 0.717) is 19.6 Å². The second kappa shape index (κ2) is 4.66. The van der Waals surface area contributed by atoms with Crippen molar-refractivity contribution in [3.63, 3.8) is 0 Å². The fourth-order valence-electron chi connectivity index (χ4n) is 0.821. The Morgan fingerprint density at radius 2 is 2.40 bits per heavy atom. The smallest absolute Gasteiger partial charge is 0.115 e. The first kappa shape index (κ1) is 9.88. The Labute approximate surface area is 65.6 Å². The fourth-order valence-corrected chi connectivity index (χ4v) is 0.821. The summed E-state index contributed by atoms with van der Waals surface area (Å²) in [5, 5.41) is 0. The van der Waals surface area contributed by atoms with Crippen molar-refractivity contribution in [3.05, 3.63) is 11.4 Å². The number of nitrogens with two attached hydrogens (primary N) is 1. The van der Waals surface area contributed by atoms with Gasteiger partial charge in [-0.2, -0.15) is 0 Å². The molecule has 60 valence electrons. The zero-order valence-electron chi connectivity index (χ0n) is 5.60. The molecule has 1 aliphatic heterocycles. The summed E-state index contributed by atoms with van der Waals surface area (Å²) >= 11 is 0. The zero-order chi connectivity index (χ0) is 6.69. The van der Waals surface area contributed by atoms with Gasteiger partial charge in [-0.1, -0.05) is 0 Å². The van der Waals surface area contributed by atoms with Crippen molar-refractivity contribution in [1.82, 2.24) is 0 Å². The van der Waals surface area contributed by atoms with Gasteiger partial charge < -0.3 is 10.5 Å². The number of rotatable bonds is 1. The molecule has 2 N–H and O–H groups in total. The Hall–Kier alpha value is -0.120. The van der Waals surface area contributed by atoms with E-state index in [1.165, 1.54) is 0 Å². The standard InChI is InChI=1S/C6H10FNO.ClH/c7-6(3-8)5-1-2-9-4-5;/h1-4,8H2;1H. The van der Waals surface area contributed by atoms with Crippen LogP contribution in [0.15, 0.2) is 11.4 Å². The molecule has 0 atom stereocenters. The van der Waals surface area contributed by atoms with Gasteiger partial charge >= 0.3 is 0 Å². The first-order valence-corrected chi connectivity index (χ1v) is 2.99. The van der Waals surface area contributed by atoms with E-state index in [9.17, 15) is 4.39 Å². The molecule has 1 heterocycles. The Bertz CT molecular complexity index is 130. The average Bonchev–Trinajstić information content (AvgIpc) is 2.37. The summed E-state index contributed by atoms with van der Waals surface area (Å²) < 4.78 is 17.4. The number of hydrogen-bond acceptors (Lipinski definition) is 2. The molecule has 1 aliphatic rings. The Morgan fingerprint density at radius 3 is 2.80 bits per heavy atom. The summed E-state index contributed by atoms with van der Waals surface area (Å²) in [6, 6.07) is 0. The SMILES string of the molecule is Cl.NCC(F)=C1CCOC1. The molecule has 0 spiro atoms. The predicted octanol–water partition coefficient (Wildman–Crippen LogP) is 1.01. The largest absolute Gasteiger partial charge is 0.377 e. The van der Waals surface area contributed by atoms with E-state index >= 15 is 0 Å². The van der Waals surface area contributed by atoms with Gasteiger partial charge in [-0.3, -0.25) is 0 Å². The summed E-state index contributed by atoms with van der Waals surface area (Å²) in [5.74, 6) is -0.201. The lowest BCUT2D eigenvalue weighted by Crippen LogP contribution is -2.02. The highest BCUT2D eigenvalue weighted by Gasteiger charge is 2.10. The number of halogens is 2. The van der Waals surface area contributed by atoms with E-state index in [4.69, 9.17) is 10.5 Å². The molecule has 0 aromatic carbocycles. The lowest BCUT2D eigenvalue weighted by molar-refractivity contribution is 0.204. The summed E-state index contributed by atoms with van der Waals surface area (Å²) in [6.45, 7) is 1.09. The molecule has 0 aromatic heterocycles. The van der Waals surface area contributed by atoms with Crippen molar-refractivity contribution in [1.29, 1.82) is 0 Å². The lowest BCUT2D eigenvalue weighted by atomic mass is 10.2. The first-order chi connectivity index (χ1) is 4.34. The van der Waals surface area contributed by atoms with Gasteiger partial charge in [0.25, 0.3) is 0 Å². The van der Waals surface area contributed by atoms with Crippen molar-refractivity contribution in [2.24, 2.45) is 5.73 Å². The minimum atomic E-state index is -0.201. The van der Waals surface area contributed by atoms with Crippen LogP contribution in [0, 0.1) is 0 Å². The van der Waals surface area contributed by atoms with Crippen LogP contribution in [0.1, 0.15) is 6.42 Å². The number of ether oxygens (including phenoxy) is 1. The summed E-state index contributed by atoms with van der Waals surface area (Å²) in [7, 11) is 0. The molecule has 0 radical (unpaired) electrons. The molecule has 1 fully saturated rings. The maximum atomic E-state index is 12.5. The molecule has 0 aliphatic carbocycles. The highest BCUT2D eigenvalue weighted by molar-refractivity contribution is 5.85. The minimum Gasteiger partial charge on any atom is -0.377 e. The van der Waals surface area contributed by atoms with Crippen LogP contribution in [0.2, 0.25) is 0 Å². The van der Waals surface area contributed by atoms with Crippen molar-refractivity contribution in [2.45, 2.75) is 6.42 Å². The lowest BCUT2D eigenvalue weighted by Gasteiger charge is -1.94. The van der Waals surface area contributed by atoms with E-state index < -0.39 is 0 Å². The van der Waals surface area contributed by atoms with E-state index in [2.05, 4.69) is 0 Å². The molecule has 0 unspecified atom stereocenters. The summed E-state index contributed by atoms with van der Waals surface area (Å²) in [6.07, 6.45) is 0.711. The van der Waals surface area contributed by atoms with Gasteiger partial charge in [0.2, 0.25) is 0 Å². The van der Waals surface area contributed by atoms with Crippen molar-refractivity contribution in [3.8, 4) is 0 Å². The van der Waals surface area contributed by atoms with Crippen LogP contribution >= 0.6 is 12.4 Å². The molecule has 0 amide bonds. The van der Waals surface area contributed by atoms with E-state index in [-0.39, 0.29) is 24.8 Å². The molecule has 0 saturated carbocycles. The molecule has 4 heteroatoms. The van der Waals surface area contributed by atoms with Crippen LogP contribution in [0.3, 0.4) is 0 Å². The monoisotopic (exact) mass is 167 g/mol. The van der Waals surface area contributed by atoms with Crippen LogP contribution < -0.4 is 5.73 Å². The Kier molecular flexibility index (Phi) is 4.60. The summed E-state index contributed by atoms with van der Waals surface area (Å²) in [5.41, 5.74) is 5.80. The molecular formula is C6H11ClFNO. The van der Waals surface area contributed by atoms with E-state index in [1.54, 1.807) is 0 Å². The van der Waals surface area contributed by atoms with Crippen molar-refractivity contribution < 1.29 is 9.13 Å². The van der Waals surface area contributed by atoms with Gasteiger partial charge in [-0.05, 0) is 12.0 Å². The Morgan fingerprint density at radius 1 is 1.70 bits per heavy atom. The summed E-state index contributed by atoms with van der Waals surface area (Å²) in [4.78, 5) is 0.